The second-order valence-corrected chi connectivity index (χ2v) is 5.99. The molecule has 0 saturated carbocycles. The summed E-state index contributed by atoms with van der Waals surface area (Å²) in [5, 5.41) is 7.71. The molecule has 2 N–H and O–H groups in total. The molecule has 0 fully saturated rings. The second kappa shape index (κ2) is 6.09. The average Bonchev–Trinajstić information content (AvgIpc) is 2.63. The topological polar surface area (TPSA) is 73.8 Å². The Kier molecular flexibility index (Phi) is 5.02. The van der Waals surface area contributed by atoms with Gasteiger partial charge in [0.2, 0.25) is 0 Å². The largest absolute Gasteiger partial charge is 0.327 e. The summed E-state index contributed by atoms with van der Waals surface area (Å²) in [4.78, 5) is 12.1. The molecule has 1 rings (SSSR count). The normalized spacial score (nSPS) is 13.6. The van der Waals surface area contributed by atoms with Gasteiger partial charge in [0, 0.05) is 19.0 Å². The van der Waals surface area contributed by atoms with Gasteiger partial charge in [0.1, 0.15) is 5.69 Å². The minimum atomic E-state index is -0.109. The Morgan fingerprint density at radius 2 is 2.17 bits per heavy atom. The maximum Gasteiger partial charge on any atom is 0.184 e. The quantitative estimate of drug-likeness (QED) is 0.786. The lowest BCUT2D eigenvalue weighted by Crippen LogP contribution is -2.29. The first-order valence-electron chi connectivity index (χ1n) is 6.50. The number of carbonyl (C=O) groups excluding carboxylic acids is 1. The van der Waals surface area contributed by atoms with Gasteiger partial charge in [-0.2, -0.15) is 0 Å². The van der Waals surface area contributed by atoms with Crippen molar-refractivity contribution < 1.29 is 4.79 Å². The maximum absolute atomic E-state index is 12.1. The summed E-state index contributed by atoms with van der Waals surface area (Å²) in [5.74, 6) is 0.0326. The summed E-state index contributed by atoms with van der Waals surface area (Å²) in [6.45, 7) is 9.14. The number of rotatable bonds is 6. The van der Waals surface area contributed by atoms with Crippen LogP contribution in [-0.2, 0) is 6.54 Å². The molecule has 18 heavy (non-hydrogen) atoms. The molecule has 0 radical (unpaired) electrons. The molecule has 0 saturated heterocycles. The Balaban J connectivity index is 2.62. The number of carbonyl (C=O) groups is 1. The second-order valence-electron chi connectivity index (χ2n) is 5.99. The van der Waals surface area contributed by atoms with Gasteiger partial charge in [-0.05, 0) is 18.3 Å². The van der Waals surface area contributed by atoms with Crippen molar-refractivity contribution in [3.05, 3.63) is 11.9 Å². The van der Waals surface area contributed by atoms with E-state index < -0.39 is 0 Å². The minimum absolute atomic E-state index is 0.0326. The van der Waals surface area contributed by atoms with E-state index in [1.165, 1.54) is 6.20 Å². The third kappa shape index (κ3) is 4.56. The first-order chi connectivity index (χ1) is 8.33. The Morgan fingerprint density at radius 1 is 1.50 bits per heavy atom. The molecule has 1 aromatic heterocycles. The fourth-order valence-electron chi connectivity index (χ4n) is 2.05. The van der Waals surface area contributed by atoms with Crippen LogP contribution in [0.4, 0.5) is 0 Å². The molecule has 0 aliphatic rings. The van der Waals surface area contributed by atoms with E-state index in [1.54, 1.807) is 4.68 Å². The van der Waals surface area contributed by atoms with Gasteiger partial charge in [-0.25, -0.2) is 4.68 Å². The van der Waals surface area contributed by atoms with Crippen LogP contribution in [0.3, 0.4) is 0 Å². The van der Waals surface area contributed by atoms with Crippen LogP contribution in [0.1, 0.15) is 57.4 Å². The van der Waals surface area contributed by atoms with E-state index in [9.17, 15) is 4.79 Å². The van der Waals surface area contributed by atoms with Crippen molar-refractivity contribution in [2.75, 3.05) is 0 Å². The summed E-state index contributed by atoms with van der Waals surface area (Å²) in [7, 11) is 0. The van der Waals surface area contributed by atoms with Crippen molar-refractivity contribution in [1.82, 2.24) is 15.0 Å². The fraction of sp³-hybridized carbons (Fsp3) is 0.769. The van der Waals surface area contributed by atoms with Gasteiger partial charge < -0.3 is 5.73 Å². The fourth-order valence-corrected chi connectivity index (χ4v) is 2.05. The zero-order chi connectivity index (χ0) is 13.8. The molecule has 5 heteroatoms. The van der Waals surface area contributed by atoms with E-state index in [4.69, 9.17) is 5.73 Å². The van der Waals surface area contributed by atoms with Crippen LogP contribution in [0.15, 0.2) is 6.20 Å². The molecule has 5 nitrogen and oxygen atoms in total. The van der Waals surface area contributed by atoms with Crippen LogP contribution in [0.25, 0.3) is 0 Å². The summed E-state index contributed by atoms with van der Waals surface area (Å²) in [6.07, 6.45) is 3.64. The molecule has 1 aromatic rings. The van der Waals surface area contributed by atoms with Crippen LogP contribution in [0.5, 0.6) is 0 Å². The SMILES string of the molecule is CCCn1nncc1C(=O)CC(N)CC(C)(C)C. The number of ketones is 1. The predicted molar refractivity (Wildman–Crippen MR) is 71.3 cm³/mol. The van der Waals surface area contributed by atoms with Crippen molar-refractivity contribution >= 4 is 5.78 Å². The van der Waals surface area contributed by atoms with E-state index >= 15 is 0 Å². The first kappa shape index (κ1) is 14.8. The van der Waals surface area contributed by atoms with E-state index in [0.717, 1.165) is 19.4 Å². The van der Waals surface area contributed by atoms with Gasteiger partial charge in [0.25, 0.3) is 0 Å². The standard InChI is InChI=1S/C13H24N4O/c1-5-6-17-11(9-15-16-17)12(18)7-10(14)8-13(2,3)4/h9-10H,5-8,14H2,1-4H3. The lowest BCUT2D eigenvalue weighted by Gasteiger charge is -2.22. The Morgan fingerprint density at radius 3 is 2.72 bits per heavy atom. The third-order valence-corrected chi connectivity index (χ3v) is 2.66. The molecule has 1 unspecified atom stereocenters. The minimum Gasteiger partial charge on any atom is -0.327 e. The average molecular weight is 252 g/mol. The summed E-state index contributed by atoms with van der Waals surface area (Å²) < 4.78 is 1.66. The van der Waals surface area contributed by atoms with Gasteiger partial charge in [0.05, 0.1) is 6.20 Å². The molecule has 1 atom stereocenters. The molecule has 0 aliphatic carbocycles. The van der Waals surface area contributed by atoms with Crippen molar-refractivity contribution in [1.29, 1.82) is 0 Å². The van der Waals surface area contributed by atoms with Gasteiger partial charge in [-0.3, -0.25) is 4.79 Å². The number of aryl methyl sites for hydroxylation is 1. The smallest absolute Gasteiger partial charge is 0.184 e. The van der Waals surface area contributed by atoms with Crippen LogP contribution in [-0.4, -0.2) is 26.8 Å². The number of aromatic nitrogens is 3. The Bertz CT molecular complexity index is 392. The van der Waals surface area contributed by atoms with E-state index in [1.807, 2.05) is 6.92 Å². The summed E-state index contributed by atoms with van der Waals surface area (Å²) in [5.41, 5.74) is 6.73. The van der Waals surface area contributed by atoms with Gasteiger partial charge >= 0.3 is 0 Å². The Hall–Kier alpha value is -1.23. The monoisotopic (exact) mass is 252 g/mol. The number of Topliss-reactive ketones (excluding diaryl/α,β-unsaturated/α-hetero) is 1. The van der Waals surface area contributed by atoms with E-state index in [2.05, 4.69) is 31.1 Å². The third-order valence-electron chi connectivity index (χ3n) is 2.66. The highest BCUT2D eigenvalue weighted by Crippen LogP contribution is 2.21. The molecular formula is C13H24N4O. The number of hydrogen-bond acceptors (Lipinski definition) is 4. The van der Waals surface area contributed by atoms with Crippen molar-refractivity contribution in [2.24, 2.45) is 11.1 Å². The van der Waals surface area contributed by atoms with Crippen molar-refractivity contribution in [2.45, 2.75) is 59.5 Å². The molecule has 0 bridgehead atoms. The lowest BCUT2D eigenvalue weighted by atomic mass is 9.86. The van der Waals surface area contributed by atoms with Crippen molar-refractivity contribution in [3.63, 3.8) is 0 Å². The molecule has 0 spiro atoms. The molecule has 102 valence electrons. The summed E-state index contributed by atoms with van der Waals surface area (Å²) in [6, 6.07) is -0.109. The Labute approximate surface area is 109 Å². The molecule has 1 heterocycles. The summed E-state index contributed by atoms with van der Waals surface area (Å²) >= 11 is 0. The molecular weight excluding hydrogens is 228 g/mol. The number of nitrogens with two attached hydrogens (primary N) is 1. The first-order valence-corrected chi connectivity index (χ1v) is 6.50. The maximum atomic E-state index is 12.1. The molecule has 0 amide bonds. The van der Waals surface area contributed by atoms with Crippen LogP contribution in [0, 0.1) is 5.41 Å². The van der Waals surface area contributed by atoms with Gasteiger partial charge in [-0.1, -0.05) is 32.9 Å². The highest BCUT2D eigenvalue weighted by atomic mass is 16.1. The van der Waals surface area contributed by atoms with Crippen LogP contribution in [0.2, 0.25) is 0 Å². The highest BCUT2D eigenvalue weighted by molar-refractivity contribution is 5.94. The van der Waals surface area contributed by atoms with Crippen molar-refractivity contribution in [3.8, 4) is 0 Å². The predicted octanol–water partition coefficient (Wildman–Crippen LogP) is 2.02. The zero-order valence-electron chi connectivity index (χ0n) is 11.8. The number of nitrogens with zero attached hydrogens (tertiary/aromatic N) is 3. The van der Waals surface area contributed by atoms with Crippen LogP contribution < -0.4 is 5.73 Å². The zero-order valence-corrected chi connectivity index (χ0v) is 11.8. The lowest BCUT2D eigenvalue weighted by molar-refractivity contribution is 0.0957. The molecule has 0 aliphatic heterocycles. The van der Waals surface area contributed by atoms with E-state index in [0.29, 0.717) is 12.1 Å². The van der Waals surface area contributed by atoms with Gasteiger partial charge in [-0.15, -0.1) is 5.10 Å². The highest BCUT2D eigenvalue weighted by Gasteiger charge is 2.20. The molecule has 0 aromatic carbocycles. The van der Waals surface area contributed by atoms with Gasteiger partial charge in [0.15, 0.2) is 5.78 Å². The van der Waals surface area contributed by atoms with Crippen LogP contribution >= 0.6 is 0 Å². The number of hydrogen-bond donors (Lipinski definition) is 1. The van der Waals surface area contributed by atoms with E-state index in [-0.39, 0.29) is 17.2 Å².